The zero-order chi connectivity index (χ0) is 19.6. The second-order valence-electron chi connectivity index (χ2n) is 5.76. The molecule has 0 unspecified atom stereocenters. The van der Waals surface area contributed by atoms with Crippen molar-refractivity contribution in [2.24, 2.45) is 0 Å². The first kappa shape index (κ1) is 19.3. The van der Waals surface area contributed by atoms with Crippen molar-refractivity contribution in [1.29, 1.82) is 0 Å². The first-order valence-corrected chi connectivity index (χ1v) is 10.6. The lowest BCUT2D eigenvalue weighted by Crippen LogP contribution is -2.14. The van der Waals surface area contributed by atoms with Gasteiger partial charge in [-0.1, -0.05) is 29.8 Å². The summed E-state index contributed by atoms with van der Waals surface area (Å²) in [7, 11) is -3.79. The topological polar surface area (TPSA) is 88.2 Å². The van der Waals surface area contributed by atoms with E-state index < -0.39 is 10.0 Å². The highest BCUT2D eigenvalue weighted by Crippen LogP contribution is 2.29. The van der Waals surface area contributed by atoms with Gasteiger partial charge in [0.1, 0.15) is 0 Å². The van der Waals surface area contributed by atoms with Crippen LogP contribution in [0, 0.1) is 6.92 Å². The predicted octanol–water partition coefficient (Wildman–Crippen LogP) is 4.53. The van der Waals surface area contributed by atoms with Gasteiger partial charge in [0, 0.05) is 28.6 Å². The van der Waals surface area contributed by atoms with Gasteiger partial charge in [-0.25, -0.2) is 13.4 Å². The Morgan fingerprint density at radius 1 is 1.15 bits per heavy atom. The van der Waals surface area contributed by atoms with E-state index in [0.717, 1.165) is 5.56 Å². The third kappa shape index (κ3) is 4.47. The molecule has 3 aromatic rings. The summed E-state index contributed by atoms with van der Waals surface area (Å²) in [5, 5.41) is 5.09. The van der Waals surface area contributed by atoms with Gasteiger partial charge in [0.15, 0.2) is 5.13 Å². The lowest BCUT2D eigenvalue weighted by Gasteiger charge is -2.09. The van der Waals surface area contributed by atoms with E-state index in [1.54, 1.807) is 48.7 Å². The Hall–Kier alpha value is -2.42. The monoisotopic (exact) mass is 421 g/mol. The van der Waals surface area contributed by atoms with E-state index in [2.05, 4.69) is 15.0 Å². The lowest BCUT2D eigenvalue weighted by atomic mass is 10.1. The summed E-state index contributed by atoms with van der Waals surface area (Å²) >= 11 is 7.21. The van der Waals surface area contributed by atoms with Gasteiger partial charge < -0.3 is 5.32 Å². The number of anilines is 2. The van der Waals surface area contributed by atoms with Crippen LogP contribution in [-0.2, 0) is 14.8 Å². The van der Waals surface area contributed by atoms with Crippen LogP contribution in [0.4, 0.5) is 10.8 Å². The van der Waals surface area contributed by atoms with Gasteiger partial charge in [0.05, 0.1) is 10.6 Å². The number of sulfonamides is 1. The standard InChI is InChI=1S/C18H16ClN3O3S2/c1-11-15(19)4-3-5-17(11)27(24,25)22-18-21-16(10-26-18)13-6-8-14(9-7-13)20-12(2)23/h3-10H,1-2H3,(H,20,23)(H,21,22). The Balaban J connectivity index is 1.81. The summed E-state index contributed by atoms with van der Waals surface area (Å²) in [6.07, 6.45) is 0. The Morgan fingerprint density at radius 2 is 1.85 bits per heavy atom. The molecule has 0 aliphatic heterocycles. The molecule has 0 atom stereocenters. The van der Waals surface area contributed by atoms with Gasteiger partial charge in [0.2, 0.25) is 5.91 Å². The van der Waals surface area contributed by atoms with Crippen LogP contribution in [-0.4, -0.2) is 19.3 Å². The molecular formula is C18H16ClN3O3S2. The van der Waals surface area contributed by atoms with Crippen LogP contribution in [0.25, 0.3) is 11.3 Å². The van der Waals surface area contributed by atoms with Crippen molar-refractivity contribution in [3.05, 3.63) is 58.4 Å². The summed E-state index contributed by atoms with van der Waals surface area (Å²) in [5.41, 5.74) is 2.61. The fraction of sp³-hybridized carbons (Fsp3) is 0.111. The third-order valence-electron chi connectivity index (χ3n) is 3.73. The van der Waals surface area contributed by atoms with Gasteiger partial charge >= 0.3 is 0 Å². The molecule has 2 N–H and O–H groups in total. The SMILES string of the molecule is CC(=O)Nc1ccc(-c2csc(NS(=O)(=O)c3cccc(Cl)c3C)n2)cc1. The molecule has 1 aromatic heterocycles. The molecular weight excluding hydrogens is 406 g/mol. The van der Waals surface area contributed by atoms with E-state index >= 15 is 0 Å². The van der Waals surface area contributed by atoms with Gasteiger partial charge in [-0.15, -0.1) is 11.3 Å². The first-order chi connectivity index (χ1) is 12.8. The molecule has 1 amide bonds. The average molecular weight is 422 g/mol. The fourth-order valence-corrected chi connectivity index (χ4v) is 4.90. The van der Waals surface area contributed by atoms with Crippen LogP contribution in [0.15, 0.2) is 52.7 Å². The molecule has 27 heavy (non-hydrogen) atoms. The summed E-state index contributed by atoms with van der Waals surface area (Å²) in [5.74, 6) is -0.149. The molecule has 0 fully saturated rings. The molecule has 0 aliphatic rings. The summed E-state index contributed by atoms with van der Waals surface area (Å²) in [6, 6.07) is 11.9. The number of amides is 1. The van der Waals surface area contributed by atoms with Crippen molar-refractivity contribution in [1.82, 2.24) is 4.98 Å². The zero-order valence-electron chi connectivity index (χ0n) is 14.5. The number of benzene rings is 2. The maximum atomic E-state index is 12.6. The van der Waals surface area contributed by atoms with Crippen molar-refractivity contribution in [3.8, 4) is 11.3 Å². The van der Waals surface area contributed by atoms with Crippen molar-refractivity contribution >= 4 is 49.7 Å². The first-order valence-electron chi connectivity index (χ1n) is 7.88. The Kier molecular flexibility index (Phi) is 5.50. The van der Waals surface area contributed by atoms with Crippen molar-refractivity contribution < 1.29 is 13.2 Å². The average Bonchev–Trinajstić information content (AvgIpc) is 3.05. The molecule has 6 nitrogen and oxygen atoms in total. The van der Waals surface area contributed by atoms with Crippen LogP contribution in [0.5, 0.6) is 0 Å². The molecule has 0 bridgehead atoms. The largest absolute Gasteiger partial charge is 0.326 e. The van der Waals surface area contributed by atoms with Crippen molar-refractivity contribution in [2.75, 3.05) is 10.0 Å². The molecule has 0 saturated carbocycles. The number of nitrogens with one attached hydrogen (secondary N) is 2. The highest BCUT2D eigenvalue weighted by molar-refractivity contribution is 7.93. The van der Waals surface area contributed by atoms with E-state index in [1.807, 2.05) is 0 Å². The molecule has 9 heteroatoms. The number of thiazole rings is 1. The minimum Gasteiger partial charge on any atom is -0.326 e. The summed E-state index contributed by atoms with van der Waals surface area (Å²) in [4.78, 5) is 15.5. The number of halogens is 1. The van der Waals surface area contributed by atoms with E-state index in [4.69, 9.17) is 11.6 Å². The van der Waals surface area contributed by atoms with Gasteiger partial charge in [-0.2, -0.15) is 0 Å². The maximum Gasteiger partial charge on any atom is 0.263 e. The molecule has 1 heterocycles. The van der Waals surface area contributed by atoms with Crippen LogP contribution >= 0.6 is 22.9 Å². The number of carbonyl (C=O) groups excluding carboxylic acids is 1. The predicted molar refractivity (Wildman–Crippen MR) is 109 cm³/mol. The lowest BCUT2D eigenvalue weighted by molar-refractivity contribution is -0.114. The number of carbonyl (C=O) groups is 1. The van der Waals surface area contributed by atoms with Gasteiger partial charge in [0.25, 0.3) is 10.0 Å². The minimum atomic E-state index is -3.79. The zero-order valence-corrected chi connectivity index (χ0v) is 16.9. The molecule has 2 aromatic carbocycles. The van der Waals surface area contributed by atoms with E-state index in [-0.39, 0.29) is 15.9 Å². The number of aromatic nitrogens is 1. The molecule has 3 rings (SSSR count). The summed E-state index contributed by atoms with van der Waals surface area (Å²) < 4.78 is 27.7. The van der Waals surface area contributed by atoms with Crippen LogP contribution < -0.4 is 10.0 Å². The Bertz CT molecular complexity index is 1090. The number of rotatable bonds is 5. The molecule has 0 spiro atoms. The van der Waals surface area contributed by atoms with Gasteiger partial charge in [-0.05, 0) is 36.8 Å². The number of hydrogen-bond acceptors (Lipinski definition) is 5. The normalized spacial score (nSPS) is 11.2. The van der Waals surface area contributed by atoms with E-state index in [0.29, 0.717) is 22.0 Å². The van der Waals surface area contributed by atoms with Gasteiger partial charge in [-0.3, -0.25) is 9.52 Å². The van der Waals surface area contributed by atoms with Crippen LogP contribution in [0.3, 0.4) is 0 Å². The maximum absolute atomic E-state index is 12.6. The number of hydrogen-bond donors (Lipinski definition) is 2. The van der Waals surface area contributed by atoms with E-state index in [9.17, 15) is 13.2 Å². The smallest absolute Gasteiger partial charge is 0.263 e. The van der Waals surface area contributed by atoms with Crippen LogP contribution in [0.1, 0.15) is 12.5 Å². The molecule has 140 valence electrons. The van der Waals surface area contributed by atoms with Crippen LogP contribution in [0.2, 0.25) is 5.02 Å². The number of nitrogens with zero attached hydrogens (tertiary/aromatic N) is 1. The molecule has 0 saturated heterocycles. The third-order valence-corrected chi connectivity index (χ3v) is 6.51. The fourth-order valence-electron chi connectivity index (χ4n) is 2.43. The summed E-state index contributed by atoms with van der Waals surface area (Å²) in [6.45, 7) is 3.09. The van der Waals surface area contributed by atoms with Crippen molar-refractivity contribution in [3.63, 3.8) is 0 Å². The second kappa shape index (κ2) is 7.67. The highest BCUT2D eigenvalue weighted by Gasteiger charge is 2.20. The molecule has 0 aliphatic carbocycles. The second-order valence-corrected chi connectivity index (χ2v) is 8.68. The van der Waals surface area contributed by atoms with Crippen molar-refractivity contribution in [2.45, 2.75) is 18.7 Å². The van der Waals surface area contributed by atoms with E-state index in [1.165, 1.54) is 24.3 Å². The highest BCUT2D eigenvalue weighted by atomic mass is 35.5. The molecule has 0 radical (unpaired) electrons. The quantitative estimate of drug-likeness (QED) is 0.633. The Labute approximate surface area is 166 Å². The Morgan fingerprint density at radius 3 is 2.52 bits per heavy atom. The minimum absolute atomic E-state index is 0.117.